The van der Waals surface area contributed by atoms with Crippen molar-refractivity contribution in [1.82, 2.24) is 5.32 Å². The zero-order chi connectivity index (χ0) is 24.4. The second-order valence-corrected chi connectivity index (χ2v) is 8.55. The van der Waals surface area contributed by atoms with Gasteiger partial charge in [-0.05, 0) is 18.2 Å². The highest BCUT2D eigenvalue weighted by Gasteiger charge is 2.22. The molecule has 0 heterocycles. The Labute approximate surface area is 215 Å². The van der Waals surface area contributed by atoms with E-state index in [1.807, 2.05) is 0 Å². The number of carbonyl (C=O) groups is 2. The maximum atomic E-state index is 13.7. The SMILES string of the molecule is O=C(NC(=O)c1c(F)cccc1F)Nc1c(Cl)cc(Oc2cc(Cl)c(Cl)cc2Cl)c(Cl)c1Cl. The van der Waals surface area contributed by atoms with Crippen LogP contribution in [-0.2, 0) is 0 Å². The van der Waals surface area contributed by atoms with Crippen LogP contribution in [0.1, 0.15) is 10.4 Å². The summed E-state index contributed by atoms with van der Waals surface area (Å²) < 4.78 is 33.1. The van der Waals surface area contributed by atoms with Crippen molar-refractivity contribution in [2.75, 3.05) is 5.32 Å². The number of amides is 3. The summed E-state index contributed by atoms with van der Waals surface area (Å²) in [6.45, 7) is 0. The predicted molar refractivity (Wildman–Crippen MR) is 126 cm³/mol. The molecule has 0 saturated carbocycles. The smallest absolute Gasteiger partial charge is 0.326 e. The van der Waals surface area contributed by atoms with Crippen LogP contribution in [0.5, 0.6) is 11.5 Å². The van der Waals surface area contributed by atoms with Crippen molar-refractivity contribution < 1.29 is 23.1 Å². The third kappa shape index (κ3) is 5.74. The monoisotopic (exact) mass is 572 g/mol. The van der Waals surface area contributed by atoms with E-state index >= 15 is 0 Å². The van der Waals surface area contributed by atoms with Crippen molar-refractivity contribution in [3.63, 3.8) is 0 Å². The molecule has 2 N–H and O–H groups in total. The number of rotatable bonds is 4. The maximum absolute atomic E-state index is 13.7. The van der Waals surface area contributed by atoms with Crippen molar-refractivity contribution in [3.05, 3.63) is 83.7 Å². The molecule has 172 valence electrons. The van der Waals surface area contributed by atoms with Crippen LogP contribution in [-0.4, -0.2) is 11.9 Å². The first kappa shape index (κ1) is 25.6. The first-order chi connectivity index (χ1) is 15.5. The molecular formula is C20H8Cl6F2N2O3. The van der Waals surface area contributed by atoms with Gasteiger partial charge in [0.15, 0.2) is 0 Å². The number of hydrogen-bond acceptors (Lipinski definition) is 3. The number of imide groups is 1. The van der Waals surface area contributed by atoms with Crippen LogP contribution in [0.25, 0.3) is 0 Å². The summed E-state index contributed by atoms with van der Waals surface area (Å²) in [6.07, 6.45) is 0. The van der Waals surface area contributed by atoms with Crippen molar-refractivity contribution in [3.8, 4) is 11.5 Å². The number of anilines is 1. The van der Waals surface area contributed by atoms with Gasteiger partial charge in [-0.3, -0.25) is 10.1 Å². The first-order valence-electron chi connectivity index (χ1n) is 8.55. The van der Waals surface area contributed by atoms with Gasteiger partial charge in [0.2, 0.25) is 0 Å². The van der Waals surface area contributed by atoms with E-state index in [2.05, 4.69) is 5.32 Å². The van der Waals surface area contributed by atoms with Gasteiger partial charge in [0.25, 0.3) is 5.91 Å². The van der Waals surface area contributed by atoms with Crippen molar-refractivity contribution >= 4 is 87.2 Å². The van der Waals surface area contributed by atoms with E-state index in [1.54, 1.807) is 5.32 Å². The standard InChI is InChI=1S/C20H8Cl6F2N2O3/c21-7-4-9(23)13(5-8(7)22)33-14-6-10(24)18(17(26)16(14)25)29-20(32)30-19(31)15-11(27)2-1-3-12(15)28/h1-6H,(H2,29,30,31,32). The molecule has 0 saturated heterocycles. The number of halogens is 8. The van der Waals surface area contributed by atoms with Gasteiger partial charge in [-0.25, -0.2) is 13.6 Å². The fraction of sp³-hybridized carbons (Fsp3) is 0. The minimum atomic E-state index is -1.32. The van der Waals surface area contributed by atoms with Crippen LogP contribution in [0.4, 0.5) is 19.3 Å². The van der Waals surface area contributed by atoms with Gasteiger partial charge in [0.1, 0.15) is 33.7 Å². The minimum absolute atomic E-state index is 0.0394. The minimum Gasteiger partial charge on any atom is -0.454 e. The number of carbonyl (C=O) groups excluding carboxylic acids is 2. The summed E-state index contributed by atoms with van der Waals surface area (Å²) in [5.74, 6) is -3.57. The topological polar surface area (TPSA) is 67.4 Å². The van der Waals surface area contributed by atoms with Gasteiger partial charge in [-0.15, -0.1) is 0 Å². The summed E-state index contributed by atoms with van der Waals surface area (Å²) in [4.78, 5) is 24.3. The maximum Gasteiger partial charge on any atom is 0.326 e. The van der Waals surface area contributed by atoms with Crippen LogP contribution in [0, 0.1) is 11.6 Å². The van der Waals surface area contributed by atoms with E-state index in [1.165, 1.54) is 18.2 Å². The van der Waals surface area contributed by atoms with Crippen LogP contribution in [0.15, 0.2) is 36.4 Å². The van der Waals surface area contributed by atoms with Crippen LogP contribution < -0.4 is 15.4 Å². The summed E-state index contributed by atoms with van der Waals surface area (Å²) in [5, 5.41) is 3.87. The lowest BCUT2D eigenvalue weighted by Gasteiger charge is -2.15. The zero-order valence-electron chi connectivity index (χ0n) is 15.7. The Morgan fingerprint density at radius 2 is 1.33 bits per heavy atom. The zero-order valence-corrected chi connectivity index (χ0v) is 20.2. The molecule has 0 radical (unpaired) electrons. The molecule has 13 heteroatoms. The molecule has 3 rings (SSSR count). The number of benzene rings is 3. The Morgan fingerprint density at radius 3 is 1.97 bits per heavy atom. The molecule has 0 aromatic heterocycles. The summed E-state index contributed by atoms with van der Waals surface area (Å²) in [5.41, 5.74) is -1.14. The number of ether oxygens (including phenoxy) is 1. The Balaban J connectivity index is 1.82. The van der Waals surface area contributed by atoms with Crippen LogP contribution in [0.2, 0.25) is 30.1 Å². The highest BCUT2D eigenvalue weighted by atomic mass is 35.5. The Morgan fingerprint density at radius 1 is 0.758 bits per heavy atom. The van der Waals surface area contributed by atoms with Crippen molar-refractivity contribution in [2.45, 2.75) is 0 Å². The fourth-order valence-electron chi connectivity index (χ4n) is 2.49. The molecule has 3 aromatic carbocycles. The van der Waals surface area contributed by atoms with E-state index in [4.69, 9.17) is 74.3 Å². The lowest BCUT2D eigenvalue weighted by molar-refractivity contribution is 0.0959. The third-order valence-corrected chi connectivity index (χ3v) is 6.14. The predicted octanol–water partition coefficient (Wildman–Crippen LogP) is 8.64. The van der Waals surface area contributed by atoms with E-state index in [0.717, 1.165) is 18.2 Å². The summed E-state index contributed by atoms with van der Waals surface area (Å²) in [7, 11) is 0. The van der Waals surface area contributed by atoms with Gasteiger partial charge in [-0.1, -0.05) is 75.7 Å². The van der Waals surface area contributed by atoms with Gasteiger partial charge in [-0.2, -0.15) is 0 Å². The molecule has 0 bridgehead atoms. The lowest BCUT2D eigenvalue weighted by atomic mass is 10.2. The number of nitrogens with one attached hydrogen (secondary N) is 2. The molecule has 5 nitrogen and oxygen atoms in total. The van der Waals surface area contributed by atoms with Crippen molar-refractivity contribution in [2.24, 2.45) is 0 Å². The Kier molecular flexibility index (Phi) is 8.16. The molecule has 0 aliphatic carbocycles. The average Bonchev–Trinajstić information content (AvgIpc) is 2.73. The Hall–Kier alpha value is -2.00. The highest BCUT2D eigenvalue weighted by molar-refractivity contribution is 6.47. The molecular weight excluding hydrogens is 567 g/mol. The first-order valence-corrected chi connectivity index (χ1v) is 10.8. The van der Waals surface area contributed by atoms with Gasteiger partial charge < -0.3 is 10.1 Å². The molecule has 0 atom stereocenters. The van der Waals surface area contributed by atoms with Gasteiger partial charge in [0.05, 0.1) is 30.8 Å². The second-order valence-electron chi connectivity index (χ2n) is 6.16. The van der Waals surface area contributed by atoms with E-state index in [-0.39, 0.29) is 47.3 Å². The number of urea groups is 1. The molecule has 0 spiro atoms. The molecule has 0 aliphatic rings. The van der Waals surface area contributed by atoms with Crippen molar-refractivity contribution in [1.29, 1.82) is 0 Å². The molecule has 33 heavy (non-hydrogen) atoms. The van der Waals surface area contributed by atoms with Crippen LogP contribution in [0.3, 0.4) is 0 Å². The quantitative estimate of drug-likeness (QED) is 0.306. The summed E-state index contributed by atoms with van der Waals surface area (Å²) in [6, 6.07) is 5.53. The Bertz CT molecular complexity index is 1270. The molecule has 0 fully saturated rings. The van der Waals surface area contributed by atoms with Gasteiger partial charge in [0, 0.05) is 12.1 Å². The van der Waals surface area contributed by atoms with E-state index in [0.29, 0.717) is 0 Å². The second kappa shape index (κ2) is 10.5. The number of hydrogen-bond donors (Lipinski definition) is 2. The van der Waals surface area contributed by atoms with Crippen LogP contribution >= 0.6 is 69.6 Å². The fourth-order valence-corrected chi connectivity index (χ4v) is 3.78. The summed E-state index contributed by atoms with van der Waals surface area (Å²) >= 11 is 36.5. The molecule has 3 aromatic rings. The normalized spacial score (nSPS) is 10.7. The van der Waals surface area contributed by atoms with E-state index in [9.17, 15) is 18.4 Å². The highest BCUT2D eigenvalue weighted by Crippen LogP contribution is 2.45. The lowest BCUT2D eigenvalue weighted by Crippen LogP contribution is -2.35. The molecule has 0 aliphatic heterocycles. The molecule has 0 unspecified atom stereocenters. The van der Waals surface area contributed by atoms with Gasteiger partial charge >= 0.3 is 6.03 Å². The van der Waals surface area contributed by atoms with E-state index < -0.39 is 29.1 Å². The third-order valence-electron chi connectivity index (χ3n) is 3.98. The largest absolute Gasteiger partial charge is 0.454 e. The average molecular weight is 575 g/mol. The molecule has 3 amide bonds.